The van der Waals surface area contributed by atoms with E-state index in [1.165, 1.54) is 24.5 Å². The van der Waals surface area contributed by atoms with Gasteiger partial charge in [-0.25, -0.2) is 26.7 Å². The lowest BCUT2D eigenvalue weighted by atomic mass is 10.2. The van der Waals surface area contributed by atoms with Crippen molar-refractivity contribution in [1.82, 2.24) is 4.98 Å². The van der Waals surface area contributed by atoms with Crippen LogP contribution < -0.4 is 10.6 Å². The Morgan fingerprint density at radius 1 is 0.905 bits per heavy atom. The van der Waals surface area contributed by atoms with Crippen LogP contribution in [0.15, 0.2) is 24.5 Å². The smallest absolute Gasteiger partial charge is 0.306 e. The molecule has 1 heterocycles. The second-order valence-electron chi connectivity index (χ2n) is 3.77. The molecule has 0 atom stereocenters. The Bertz CT molecular complexity index is 664. The first-order valence-electron chi connectivity index (χ1n) is 5.41. The molecule has 0 aliphatic carbocycles. The molecule has 2 N–H and O–H groups in total. The molecule has 0 radical (unpaired) electrons. The average molecular weight is 303 g/mol. The third-order valence-electron chi connectivity index (χ3n) is 2.37. The van der Waals surface area contributed by atoms with E-state index in [9.17, 15) is 26.7 Å². The van der Waals surface area contributed by atoms with Crippen molar-refractivity contribution in [1.29, 1.82) is 0 Å². The van der Waals surface area contributed by atoms with Gasteiger partial charge in [-0.1, -0.05) is 0 Å². The summed E-state index contributed by atoms with van der Waals surface area (Å²) < 4.78 is 65.3. The van der Waals surface area contributed by atoms with Gasteiger partial charge in [0.15, 0.2) is 23.3 Å². The fraction of sp³-hybridized carbons (Fsp3) is 0. The summed E-state index contributed by atoms with van der Waals surface area (Å²) in [6.07, 6.45) is 2.63. The van der Waals surface area contributed by atoms with Crippen molar-refractivity contribution in [2.75, 3.05) is 10.6 Å². The minimum Gasteiger partial charge on any atom is -0.306 e. The van der Waals surface area contributed by atoms with Crippen LogP contribution in [0.2, 0.25) is 0 Å². The van der Waals surface area contributed by atoms with Gasteiger partial charge in [0.2, 0.25) is 5.82 Å². The summed E-state index contributed by atoms with van der Waals surface area (Å²) in [5, 5.41) is 3.68. The number of carbonyl (C=O) groups is 1. The highest BCUT2D eigenvalue weighted by Gasteiger charge is 2.26. The number of urea groups is 1. The van der Waals surface area contributed by atoms with E-state index in [2.05, 4.69) is 10.3 Å². The normalized spacial score (nSPS) is 10.3. The molecule has 9 heteroatoms. The lowest BCUT2D eigenvalue weighted by Gasteiger charge is -2.10. The molecule has 0 unspecified atom stereocenters. The molecule has 2 rings (SSSR count). The maximum absolute atomic E-state index is 13.3. The molecule has 21 heavy (non-hydrogen) atoms. The Hall–Kier alpha value is -2.71. The van der Waals surface area contributed by atoms with Gasteiger partial charge in [-0.15, -0.1) is 0 Å². The lowest BCUT2D eigenvalue weighted by molar-refractivity contribution is 0.261. The van der Waals surface area contributed by atoms with Crippen molar-refractivity contribution in [3.63, 3.8) is 0 Å². The van der Waals surface area contributed by atoms with Crippen molar-refractivity contribution < 1.29 is 26.7 Å². The molecule has 1 aromatic heterocycles. The predicted molar refractivity (Wildman–Crippen MR) is 63.1 cm³/mol. The van der Waals surface area contributed by atoms with Gasteiger partial charge in [-0.3, -0.25) is 4.98 Å². The first kappa shape index (κ1) is 14.7. The molecule has 0 saturated heterocycles. The van der Waals surface area contributed by atoms with E-state index >= 15 is 0 Å². The third-order valence-corrected chi connectivity index (χ3v) is 2.37. The maximum Gasteiger partial charge on any atom is 0.323 e. The number of anilines is 2. The van der Waals surface area contributed by atoms with E-state index in [0.717, 1.165) is 0 Å². The van der Waals surface area contributed by atoms with E-state index in [-0.39, 0.29) is 5.69 Å². The van der Waals surface area contributed by atoms with Crippen LogP contribution in [-0.2, 0) is 0 Å². The van der Waals surface area contributed by atoms with E-state index in [1.54, 1.807) is 5.32 Å². The van der Waals surface area contributed by atoms with Gasteiger partial charge in [0.05, 0.1) is 11.9 Å². The Morgan fingerprint density at radius 2 is 1.48 bits per heavy atom. The average Bonchev–Trinajstić information content (AvgIpc) is 2.48. The molecule has 4 nitrogen and oxygen atoms in total. The van der Waals surface area contributed by atoms with Gasteiger partial charge < -0.3 is 10.6 Å². The Morgan fingerprint density at radius 3 is 2.00 bits per heavy atom. The van der Waals surface area contributed by atoms with Crippen molar-refractivity contribution in [2.24, 2.45) is 0 Å². The van der Waals surface area contributed by atoms with E-state index in [1.807, 2.05) is 0 Å². The van der Waals surface area contributed by atoms with Crippen LogP contribution in [0.4, 0.5) is 38.1 Å². The molecule has 2 amide bonds. The Balaban J connectivity index is 2.26. The summed E-state index contributed by atoms with van der Waals surface area (Å²) in [6, 6.07) is 1.69. The van der Waals surface area contributed by atoms with Crippen LogP contribution in [-0.4, -0.2) is 11.0 Å². The van der Waals surface area contributed by atoms with Crippen molar-refractivity contribution in [3.8, 4) is 0 Å². The second kappa shape index (κ2) is 5.73. The Kier molecular flexibility index (Phi) is 4.01. The molecule has 0 saturated carbocycles. The van der Waals surface area contributed by atoms with Crippen LogP contribution in [0.5, 0.6) is 0 Å². The molecule has 0 fully saturated rings. The summed E-state index contributed by atoms with van der Waals surface area (Å²) in [6.45, 7) is 0. The molecule has 0 aliphatic heterocycles. The zero-order chi connectivity index (χ0) is 15.6. The van der Waals surface area contributed by atoms with Crippen molar-refractivity contribution in [2.45, 2.75) is 0 Å². The first-order valence-corrected chi connectivity index (χ1v) is 5.41. The van der Waals surface area contributed by atoms with Gasteiger partial charge in [-0.2, -0.15) is 0 Å². The van der Waals surface area contributed by atoms with Gasteiger partial charge in [0.1, 0.15) is 5.69 Å². The zero-order valence-corrected chi connectivity index (χ0v) is 10.1. The molecule has 2 aromatic rings. The monoisotopic (exact) mass is 303 g/mol. The summed E-state index contributed by atoms with van der Waals surface area (Å²) >= 11 is 0. The van der Waals surface area contributed by atoms with E-state index < -0.39 is 40.8 Å². The van der Waals surface area contributed by atoms with Gasteiger partial charge >= 0.3 is 6.03 Å². The number of benzene rings is 1. The topological polar surface area (TPSA) is 54.0 Å². The summed E-state index contributed by atoms with van der Waals surface area (Å²) in [4.78, 5) is 15.1. The first-order chi connectivity index (χ1) is 9.91. The fourth-order valence-corrected chi connectivity index (χ4v) is 1.43. The zero-order valence-electron chi connectivity index (χ0n) is 10.1. The van der Waals surface area contributed by atoms with Crippen molar-refractivity contribution >= 4 is 17.4 Å². The number of hydrogen-bond acceptors (Lipinski definition) is 2. The van der Waals surface area contributed by atoms with Gasteiger partial charge in [0, 0.05) is 6.20 Å². The lowest BCUT2D eigenvalue weighted by Crippen LogP contribution is -2.22. The number of amides is 2. The van der Waals surface area contributed by atoms with Crippen LogP contribution in [0.3, 0.4) is 0 Å². The highest BCUT2D eigenvalue weighted by Crippen LogP contribution is 2.27. The second-order valence-corrected chi connectivity index (χ2v) is 3.77. The largest absolute Gasteiger partial charge is 0.323 e. The van der Waals surface area contributed by atoms with Gasteiger partial charge in [0.25, 0.3) is 0 Å². The molecule has 0 aliphatic rings. The van der Waals surface area contributed by atoms with E-state index in [0.29, 0.717) is 0 Å². The molecule has 1 aromatic carbocycles. The number of nitrogens with zero attached hydrogens (tertiary/aromatic N) is 1. The number of aromatic nitrogens is 1. The fourth-order valence-electron chi connectivity index (χ4n) is 1.43. The third kappa shape index (κ3) is 2.91. The number of nitrogens with one attached hydrogen (secondary N) is 2. The maximum atomic E-state index is 13.3. The number of pyridine rings is 1. The molecular formula is C12H6F5N3O. The summed E-state index contributed by atoms with van der Waals surface area (Å²) in [5.74, 6) is -10.9. The standard InChI is InChI=1S/C12H6F5N3O/c13-6-7(14)9(16)11(10(17)8(6)15)20-12(21)19-5-2-1-3-18-4-5/h1-4H,(H2,19,20,21). The number of carbonyl (C=O) groups excluding carboxylic acids is 1. The van der Waals surface area contributed by atoms with Crippen LogP contribution in [0.25, 0.3) is 0 Å². The molecular weight excluding hydrogens is 297 g/mol. The van der Waals surface area contributed by atoms with Crippen LogP contribution in [0.1, 0.15) is 0 Å². The van der Waals surface area contributed by atoms with Crippen LogP contribution >= 0.6 is 0 Å². The minimum absolute atomic E-state index is 0.166. The van der Waals surface area contributed by atoms with Crippen LogP contribution in [0, 0.1) is 29.1 Å². The Labute approximate surface area is 114 Å². The predicted octanol–water partition coefficient (Wildman–Crippen LogP) is 3.42. The number of rotatable bonds is 2. The highest BCUT2D eigenvalue weighted by molar-refractivity contribution is 5.99. The van der Waals surface area contributed by atoms with Gasteiger partial charge in [-0.05, 0) is 12.1 Å². The highest BCUT2D eigenvalue weighted by atomic mass is 19.2. The minimum atomic E-state index is -2.30. The molecule has 0 spiro atoms. The SMILES string of the molecule is O=C(Nc1cccnc1)Nc1c(F)c(F)c(F)c(F)c1F. The number of halogens is 5. The quantitative estimate of drug-likeness (QED) is 0.507. The molecule has 110 valence electrons. The van der Waals surface area contributed by atoms with Crippen molar-refractivity contribution in [3.05, 3.63) is 53.6 Å². The summed E-state index contributed by atoms with van der Waals surface area (Å²) in [7, 11) is 0. The summed E-state index contributed by atoms with van der Waals surface area (Å²) in [5.41, 5.74) is -1.27. The van der Waals surface area contributed by atoms with E-state index in [4.69, 9.17) is 0 Å². The molecule has 0 bridgehead atoms. The number of hydrogen-bond donors (Lipinski definition) is 2.